The Kier molecular flexibility index (Phi) is 3.45. The van der Waals surface area contributed by atoms with E-state index in [9.17, 15) is 9.59 Å². The van der Waals surface area contributed by atoms with Gasteiger partial charge in [0.1, 0.15) is 17.5 Å². The van der Waals surface area contributed by atoms with Gasteiger partial charge in [-0.2, -0.15) is 0 Å². The van der Waals surface area contributed by atoms with Crippen molar-refractivity contribution in [2.24, 2.45) is 0 Å². The highest BCUT2D eigenvalue weighted by molar-refractivity contribution is 5.88. The van der Waals surface area contributed by atoms with Gasteiger partial charge in [0.25, 0.3) is 0 Å². The third-order valence-corrected chi connectivity index (χ3v) is 3.20. The second-order valence-electron chi connectivity index (χ2n) is 4.22. The highest BCUT2D eigenvalue weighted by Crippen LogP contribution is 2.29. The van der Waals surface area contributed by atoms with Crippen LogP contribution in [-0.4, -0.2) is 40.1 Å². The molecule has 0 bridgehead atoms. The van der Waals surface area contributed by atoms with Crippen LogP contribution in [-0.2, 0) is 4.79 Å². The SMILES string of the molecule is C=CC(=O)N1CCC(c2nocc2C(=O)O)CC1. The average Bonchev–Trinajstić information content (AvgIpc) is 2.87. The summed E-state index contributed by atoms with van der Waals surface area (Å²) in [7, 11) is 0. The second kappa shape index (κ2) is 5.03. The van der Waals surface area contributed by atoms with Gasteiger partial charge in [-0.3, -0.25) is 4.79 Å². The van der Waals surface area contributed by atoms with Gasteiger partial charge >= 0.3 is 5.97 Å². The van der Waals surface area contributed by atoms with Crippen LogP contribution in [0.15, 0.2) is 23.4 Å². The van der Waals surface area contributed by atoms with Crippen molar-refractivity contribution in [2.45, 2.75) is 18.8 Å². The molecule has 6 nitrogen and oxygen atoms in total. The van der Waals surface area contributed by atoms with Crippen molar-refractivity contribution in [3.8, 4) is 0 Å². The van der Waals surface area contributed by atoms with Crippen molar-refractivity contribution < 1.29 is 19.2 Å². The van der Waals surface area contributed by atoms with E-state index >= 15 is 0 Å². The molecule has 1 saturated heterocycles. The van der Waals surface area contributed by atoms with Gasteiger partial charge in [-0.15, -0.1) is 0 Å². The summed E-state index contributed by atoms with van der Waals surface area (Å²) in [5.74, 6) is -1.09. The first-order chi connectivity index (χ1) is 8.63. The number of carbonyl (C=O) groups excluding carboxylic acids is 1. The summed E-state index contributed by atoms with van der Waals surface area (Å²) in [6, 6.07) is 0. The molecule has 0 radical (unpaired) electrons. The second-order valence-corrected chi connectivity index (χ2v) is 4.22. The molecule has 1 aromatic rings. The molecule has 1 N–H and O–H groups in total. The number of hydrogen-bond donors (Lipinski definition) is 1. The van der Waals surface area contributed by atoms with E-state index in [-0.39, 0.29) is 17.4 Å². The summed E-state index contributed by atoms with van der Waals surface area (Å²) < 4.78 is 4.73. The standard InChI is InChI=1S/C12H14N2O4/c1-2-10(15)14-5-3-8(4-6-14)11-9(12(16)17)7-18-13-11/h2,7-8H,1,3-6H2,(H,16,17). The molecule has 0 saturated carbocycles. The van der Waals surface area contributed by atoms with Crippen LogP contribution >= 0.6 is 0 Å². The Morgan fingerprint density at radius 3 is 2.72 bits per heavy atom. The predicted octanol–water partition coefficient (Wildman–Crippen LogP) is 1.26. The molecular weight excluding hydrogens is 236 g/mol. The summed E-state index contributed by atoms with van der Waals surface area (Å²) in [4.78, 5) is 24.1. The summed E-state index contributed by atoms with van der Waals surface area (Å²) in [6.45, 7) is 4.62. The number of carboxylic acids is 1. The van der Waals surface area contributed by atoms with Gasteiger partial charge in [0.2, 0.25) is 5.91 Å². The van der Waals surface area contributed by atoms with Crippen LogP contribution < -0.4 is 0 Å². The van der Waals surface area contributed by atoms with Gasteiger partial charge in [0.15, 0.2) is 0 Å². The minimum Gasteiger partial charge on any atom is -0.478 e. The maximum Gasteiger partial charge on any atom is 0.340 e. The lowest BCUT2D eigenvalue weighted by Gasteiger charge is -2.30. The van der Waals surface area contributed by atoms with Crippen molar-refractivity contribution in [3.63, 3.8) is 0 Å². The molecule has 0 spiro atoms. The Morgan fingerprint density at radius 2 is 2.17 bits per heavy atom. The normalized spacial score (nSPS) is 16.6. The summed E-state index contributed by atoms with van der Waals surface area (Å²) in [6.07, 6.45) is 3.82. The van der Waals surface area contributed by atoms with Crippen LogP contribution in [0, 0.1) is 0 Å². The number of likely N-dealkylation sites (tertiary alicyclic amines) is 1. The van der Waals surface area contributed by atoms with Gasteiger partial charge in [-0.05, 0) is 18.9 Å². The van der Waals surface area contributed by atoms with Gasteiger partial charge in [-0.25, -0.2) is 4.79 Å². The van der Waals surface area contributed by atoms with Crippen molar-refractivity contribution >= 4 is 11.9 Å². The minimum absolute atomic E-state index is 0.0312. The van der Waals surface area contributed by atoms with E-state index in [2.05, 4.69) is 11.7 Å². The molecule has 2 heterocycles. The largest absolute Gasteiger partial charge is 0.478 e. The molecule has 1 amide bonds. The maximum atomic E-state index is 11.4. The Hall–Kier alpha value is -2.11. The molecule has 0 aliphatic carbocycles. The fraction of sp³-hybridized carbons (Fsp3) is 0.417. The van der Waals surface area contributed by atoms with Gasteiger partial charge < -0.3 is 14.5 Å². The first kappa shape index (κ1) is 12.3. The third-order valence-electron chi connectivity index (χ3n) is 3.20. The molecule has 0 atom stereocenters. The fourth-order valence-corrected chi connectivity index (χ4v) is 2.20. The Bertz CT molecular complexity index is 472. The van der Waals surface area contributed by atoms with E-state index in [1.165, 1.54) is 6.08 Å². The lowest BCUT2D eigenvalue weighted by atomic mass is 9.91. The summed E-state index contributed by atoms with van der Waals surface area (Å²) in [5, 5.41) is 12.8. The van der Waals surface area contributed by atoms with Crippen LogP contribution in [0.4, 0.5) is 0 Å². The van der Waals surface area contributed by atoms with E-state index in [0.717, 1.165) is 6.26 Å². The van der Waals surface area contributed by atoms with Crippen molar-refractivity contribution in [2.75, 3.05) is 13.1 Å². The lowest BCUT2D eigenvalue weighted by molar-refractivity contribution is -0.127. The Labute approximate surface area is 104 Å². The topological polar surface area (TPSA) is 83.6 Å². The number of piperidine rings is 1. The van der Waals surface area contributed by atoms with Crippen molar-refractivity contribution in [3.05, 3.63) is 30.2 Å². The smallest absolute Gasteiger partial charge is 0.340 e. The number of amides is 1. The van der Waals surface area contributed by atoms with E-state index < -0.39 is 5.97 Å². The van der Waals surface area contributed by atoms with E-state index in [0.29, 0.717) is 31.6 Å². The van der Waals surface area contributed by atoms with Gasteiger partial charge in [-0.1, -0.05) is 11.7 Å². The summed E-state index contributed by atoms with van der Waals surface area (Å²) >= 11 is 0. The number of aromatic carboxylic acids is 1. The van der Waals surface area contributed by atoms with Crippen LogP contribution in [0.2, 0.25) is 0 Å². The number of carboxylic acid groups (broad SMARTS) is 1. The molecule has 1 aliphatic rings. The zero-order valence-corrected chi connectivity index (χ0v) is 9.83. The molecule has 2 rings (SSSR count). The quantitative estimate of drug-likeness (QED) is 0.816. The molecular formula is C12H14N2O4. The number of carbonyl (C=O) groups is 2. The van der Waals surface area contributed by atoms with E-state index in [4.69, 9.17) is 9.63 Å². The number of hydrogen-bond acceptors (Lipinski definition) is 4. The molecule has 6 heteroatoms. The fourth-order valence-electron chi connectivity index (χ4n) is 2.20. The molecule has 1 aromatic heterocycles. The molecule has 0 unspecified atom stereocenters. The lowest BCUT2D eigenvalue weighted by Crippen LogP contribution is -2.37. The van der Waals surface area contributed by atoms with Gasteiger partial charge in [0.05, 0.1) is 0 Å². The zero-order valence-electron chi connectivity index (χ0n) is 9.83. The summed E-state index contributed by atoms with van der Waals surface area (Å²) in [5.41, 5.74) is 0.594. The molecule has 96 valence electrons. The van der Waals surface area contributed by atoms with Crippen molar-refractivity contribution in [1.82, 2.24) is 10.1 Å². The maximum absolute atomic E-state index is 11.4. The highest BCUT2D eigenvalue weighted by Gasteiger charge is 2.28. The molecule has 18 heavy (non-hydrogen) atoms. The Balaban J connectivity index is 2.05. The highest BCUT2D eigenvalue weighted by atomic mass is 16.5. The number of rotatable bonds is 3. The predicted molar refractivity (Wildman–Crippen MR) is 62.2 cm³/mol. The molecule has 1 fully saturated rings. The van der Waals surface area contributed by atoms with Crippen molar-refractivity contribution in [1.29, 1.82) is 0 Å². The number of nitrogens with zero attached hydrogens (tertiary/aromatic N) is 2. The first-order valence-corrected chi connectivity index (χ1v) is 5.72. The zero-order chi connectivity index (χ0) is 13.1. The van der Waals surface area contributed by atoms with Crippen LogP contribution in [0.3, 0.4) is 0 Å². The first-order valence-electron chi connectivity index (χ1n) is 5.72. The van der Waals surface area contributed by atoms with Crippen LogP contribution in [0.1, 0.15) is 34.8 Å². The van der Waals surface area contributed by atoms with Crippen LogP contribution in [0.25, 0.3) is 0 Å². The monoisotopic (exact) mass is 250 g/mol. The minimum atomic E-state index is -1.03. The van der Waals surface area contributed by atoms with Gasteiger partial charge in [0, 0.05) is 19.0 Å². The number of aromatic nitrogens is 1. The molecule has 0 aromatic carbocycles. The third kappa shape index (κ3) is 2.27. The Morgan fingerprint density at radius 1 is 1.50 bits per heavy atom. The van der Waals surface area contributed by atoms with E-state index in [1.807, 2.05) is 0 Å². The van der Waals surface area contributed by atoms with Crippen LogP contribution in [0.5, 0.6) is 0 Å². The average molecular weight is 250 g/mol. The van der Waals surface area contributed by atoms with E-state index in [1.54, 1.807) is 4.90 Å². The molecule has 1 aliphatic heterocycles.